The van der Waals surface area contributed by atoms with Gasteiger partial charge < -0.3 is 14.2 Å². The first-order valence-electron chi connectivity index (χ1n) is 26.2. The molecule has 0 aliphatic carbocycles. The molecule has 0 amide bonds. The molecule has 0 radical (unpaired) electrons. The van der Waals surface area contributed by atoms with Gasteiger partial charge in [-0.2, -0.15) is 0 Å². The van der Waals surface area contributed by atoms with Gasteiger partial charge in [-0.25, -0.2) is 0 Å². The van der Waals surface area contributed by atoms with Crippen LogP contribution in [0.5, 0.6) is 0 Å². The van der Waals surface area contributed by atoms with Gasteiger partial charge in [-0.05, 0) is 32.1 Å². The normalized spacial score (nSPS) is 11.9. The van der Waals surface area contributed by atoms with Crippen molar-refractivity contribution >= 4 is 11.9 Å². The molecule has 0 aromatic carbocycles. The molecule has 0 rings (SSSR count). The Bertz CT molecular complexity index is 827. The predicted molar refractivity (Wildman–Crippen MR) is 252 cm³/mol. The highest BCUT2D eigenvalue weighted by atomic mass is 16.6. The molecular formula is C53H102O5. The Balaban J connectivity index is 4.18. The van der Waals surface area contributed by atoms with Crippen LogP contribution >= 0.6 is 0 Å². The maximum Gasteiger partial charge on any atom is 0.306 e. The smallest absolute Gasteiger partial charge is 0.306 e. The zero-order valence-corrected chi connectivity index (χ0v) is 39.4. The molecular weight excluding hydrogens is 717 g/mol. The molecule has 1 unspecified atom stereocenters. The van der Waals surface area contributed by atoms with Crippen LogP contribution < -0.4 is 0 Å². The van der Waals surface area contributed by atoms with E-state index in [-0.39, 0.29) is 18.5 Å². The molecule has 0 aliphatic rings. The molecule has 0 saturated carbocycles. The van der Waals surface area contributed by atoms with Crippen molar-refractivity contribution in [1.29, 1.82) is 0 Å². The molecule has 5 nitrogen and oxygen atoms in total. The Labute approximate surface area is 363 Å². The molecule has 5 heteroatoms. The van der Waals surface area contributed by atoms with Crippen molar-refractivity contribution in [3.63, 3.8) is 0 Å². The van der Waals surface area contributed by atoms with Crippen molar-refractivity contribution in [3.05, 3.63) is 12.7 Å². The zero-order valence-electron chi connectivity index (χ0n) is 39.4. The lowest BCUT2D eigenvalue weighted by Crippen LogP contribution is -2.30. The van der Waals surface area contributed by atoms with Crippen LogP contribution in [0.25, 0.3) is 0 Å². The molecule has 0 saturated heterocycles. The quantitative estimate of drug-likeness (QED) is 0.0348. The third-order valence-electron chi connectivity index (χ3n) is 11.9. The Morgan fingerprint density at radius 3 is 1.07 bits per heavy atom. The fourth-order valence-corrected chi connectivity index (χ4v) is 8.02. The first kappa shape index (κ1) is 56.6. The topological polar surface area (TPSA) is 61.8 Å². The van der Waals surface area contributed by atoms with Crippen LogP contribution in [0.4, 0.5) is 0 Å². The minimum absolute atomic E-state index is 0.0940. The van der Waals surface area contributed by atoms with Gasteiger partial charge in [0.15, 0.2) is 6.10 Å². The van der Waals surface area contributed by atoms with Crippen molar-refractivity contribution < 1.29 is 23.8 Å². The molecule has 0 aromatic heterocycles. The number of hydrogen-bond donors (Lipinski definition) is 0. The Hall–Kier alpha value is -1.36. The van der Waals surface area contributed by atoms with E-state index in [9.17, 15) is 9.59 Å². The first-order valence-corrected chi connectivity index (χ1v) is 26.2. The van der Waals surface area contributed by atoms with Crippen molar-refractivity contribution in [2.24, 2.45) is 0 Å². The van der Waals surface area contributed by atoms with E-state index in [1.165, 1.54) is 225 Å². The Kier molecular flexibility index (Phi) is 48.8. The highest BCUT2D eigenvalue weighted by Gasteiger charge is 2.17. The standard InChI is InChI=1S/C53H102O5/c1-4-7-10-13-16-19-22-25-27-29-31-34-37-40-43-46-52(54)57-50-51(49-56-48-45-42-39-36-33-30-26-23-20-17-14-11-8-5-2)58-53(55)47-44-41-38-35-32-28-24-21-18-15-12-9-6-3/h5,51H,2,4,6-50H2,1,3H3. The molecule has 1 atom stereocenters. The van der Waals surface area contributed by atoms with Gasteiger partial charge in [0.25, 0.3) is 0 Å². The summed E-state index contributed by atoms with van der Waals surface area (Å²) in [5.41, 5.74) is 0. The molecule has 58 heavy (non-hydrogen) atoms. The van der Waals surface area contributed by atoms with Crippen LogP contribution in [0, 0.1) is 0 Å². The van der Waals surface area contributed by atoms with E-state index < -0.39 is 6.10 Å². The number of carbonyl (C=O) groups excluding carboxylic acids is 2. The van der Waals surface area contributed by atoms with Crippen LogP contribution in [0.2, 0.25) is 0 Å². The first-order chi connectivity index (χ1) is 28.6. The SMILES string of the molecule is C=CCCCCCCCCCCCCCCOCC(COC(=O)CCCCCCCCCCCCCCCCC)OC(=O)CCCCCCCCCCCCCCC. The number of hydrogen-bond acceptors (Lipinski definition) is 5. The van der Waals surface area contributed by atoms with E-state index >= 15 is 0 Å². The largest absolute Gasteiger partial charge is 0.462 e. The highest BCUT2D eigenvalue weighted by Crippen LogP contribution is 2.17. The Morgan fingerprint density at radius 2 is 0.707 bits per heavy atom. The van der Waals surface area contributed by atoms with Crippen molar-refractivity contribution in [2.45, 2.75) is 296 Å². The van der Waals surface area contributed by atoms with E-state index in [4.69, 9.17) is 14.2 Å². The minimum Gasteiger partial charge on any atom is -0.462 e. The lowest BCUT2D eigenvalue weighted by atomic mass is 10.0. The van der Waals surface area contributed by atoms with Gasteiger partial charge in [-0.15, -0.1) is 6.58 Å². The Morgan fingerprint density at radius 1 is 0.397 bits per heavy atom. The highest BCUT2D eigenvalue weighted by molar-refractivity contribution is 5.70. The molecule has 0 spiro atoms. The van der Waals surface area contributed by atoms with Crippen LogP contribution in [-0.2, 0) is 23.8 Å². The minimum atomic E-state index is -0.526. The van der Waals surface area contributed by atoms with Gasteiger partial charge in [-0.3, -0.25) is 9.59 Å². The summed E-state index contributed by atoms with van der Waals surface area (Å²) < 4.78 is 17.4. The molecule has 0 heterocycles. The monoisotopic (exact) mass is 819 g/mol. The molecule has 344 valence electrons. The summed E-state index contributed by atoms with van der Waals surface area (Å²) in [6.45, 7) is 9.41. The number of ether oxygens (including phenoxy) is 3. The van der Waals surface area contributed by atoms with E-state index in [1.54, 1.807) is 0 Å². The number of allylic oxidation sites excluding steroid dienone is 1. The van der Waals surface area contributed by atoms with Crippen molar-refractivity contribution in [3.8, 4) is 0 Å². The van der Waals surface area contributed by atoms with Gasteiger partial charge >= 0.3 is 11.9 Å². The third-order valence-corrected chi connectivity index (χ3v) is 11.9. The van der Waals surface area contributed by atoms with Crippen LogP contribution in [0.3, 0.4) is 0 Å². The van der Waals surface area contributed by atoms with Gasteiger partial charge in [0.1, 0.15) is 6.61 Å². The lowest BCUT2D eigenvalue weighted by Gasteiger charge is -2.18. The summed E-state index contributed by atoms with van der Waals surface area (Å²) in [6.07, 6.45) is 55.3. The molecule has 0 fully saturated rings. The predicted octanol–water partition coefficient (Wildman–Crippen LogP) is 17.5. The zero-order chi connectivity index (χ0) is 42.1. The summed E-state index contributed by atoms with van der Waals surface area (Å²) in [4.78, 5) is 25.4. The van der Waals surface area contributed by atoms with Gasteiger partial charge in [0.2, 0.25) is 0 Å². The maximum atomic E-state index is 12.8. The second-order valence-corrected chi connectivity index (χ2v) is 17.9. The summed E-state index contributed by atoms with van der Waals surface area (Å²) in [5.74, 6) is -0.376. The van der Waals surface area contributed by atoms with E-state index in [0.717, 1.165) is 38.5 Å². The van der Waals surface area contributed by atoms with Gasteiger partial charge in [0, 0.05) is 19.4 Å². The number of rotatable bonds is 50. The second-order valence-electron chi connectivity index (χ2n) is 17.9. The van der Waals surface area contributed by atoms with E-state index in [1.807, 2.05) is 6.08 Å². The molecule has 0 aliphatic heterocycles. The van der Waals surface area contributed by atoms with Gasteiger partial charge in [0.05, 0.1) is 6.61 Å². The average Bonchev–Trinajstić information content (AvgIpc) is 3.22. The van der Waals surface area contributed by atoms with Crippen LogP contribution in [0.1, 0.15) is 290 Å². The second kappa shape index (κ2) is 50.0. The molecule has 0 N–H and O–H groups in total. The maximum absolute atomic E-state index is 12.8. The van der Waals surface area contributed by atoms with E-state index in [0.29, 0.717) is 26.1 Å². The average molecular weight is 819 g/mol. The number of unbranched alkanes of at least 4 members (excludes halogenated alkanes) is 38. The van der Waals surface area contributed by atoms with Gasteiger partial charge in [-0.1, -0.05) is 251 Å². The fourth-order valence-electron chi connectivity index (χ4n) is 8.02. The van der Waals surface area contributed by atoms with Crippen molar-refractivity contribution in [2.75, 3.05) is 19.8 Å². The number of esters is 2. The number of carbonyl (C=O) groups is 2. The third kappa shape index (κ3) is 47.3. The van der Waals surface area contributed by atoms with E-state index in [2.05, 4.69) is 20.4 Å². The molecule has 0 bridgehead atoms. The van der Waals surface area contributed by atoms with Crippen molar-refractivity contribution in [1.82, 2.24) is 0 Å². The molecule has 0 aromatic rings. The summed E-state index contributed by atoms with van der Waals surface area (Å²) >= 11 is 0. The summed E-state index contributed by atoms with van der Waals surface area (Å²) in [7, 11) is 0. The van der Waals surface area contributed by atoms with Crippen LogP contribution in [-0.4, -0.2) is 37.9 Å². The summed E-state index contributed by atoms with van der Waals surface area (Å²) in [5, 5.41) is 0. The fraction of sp³-hybridized carbons (Fsp3) is 0.925. The lowest BCUT2D eigenvalue weighted by molar-refractivity contribution is -0.163. The van der Waals surface area contributed by atoms with Crippen LogP contribution in [0.15, 0.2) is 12.7 Å². The summed E-state index contributed by atoms with van der Waals surface area (Å²) in [6, 6.07) is 0.